The normalized spacial score (nSPS) is 15.7. The minimum atomic E-state index is 0.398. The molecule has 1 aliphatic rings. The Balaban J connectivity index is 2.73. The van der Waals surface area contributed by atoms with Crippen molar-refractivity contribution in [2.75, 3.05) is 0 Å². The second kappa shape index (κ2) is 1.71. The van der Waals surface area contributed by atoms with E-state index in [9.17, 15) is 0 Å². The Kier molecular flexibility index (Phi) is 0.977. The molecule has 1 aromatic heterocycles. The summed E-state index contributed by atoms with van der Waals surface area (Å²) >= 11 is 0. The molecule has 0 saturated carbocycles. The molecule has 2 heterocycles. The molecule has 0 unspecified atom stereocenters. The molecule has 4 heteroatoms. The van der Waals surface area contributed by atoms with Gasteiger partial charge in [0.1, 0.15) is 5.82 Å². The van der Waals surface area contributed by atoms with Gasteiger partial charge in [-0.15, -0.1) is 0 Å². The van der Waals surface area contributed by atoms with Crippen LogP contribution in [-0.2, 0) is 13.1 Å². The third-order valence-electron chi connectivity index (χ3n) is 1.92. The van der Waals surface area contributed by atoms with Crippen molar-refractivity contribution < 1.29 is 0 Å². The Hall–Kier alpha value is -1.06. The molecule has 0 amide bonds. The quantitative estimate of drug-likeness (QED) is 0.533. The second-order valence-corrected chi connectivity index (χ2v) is 2.58. The minimum Gasteiger partial charge on any atom is -0.269 e. The lowest BCUT2D eigenvalue weighted by molar-refractivity contribution is 0.570. The third kappa shape index (κ3) is 0.558. The van der Waals surface area contributed by atoms with Gasteiger partial charge in [0.25, 0.3) is 0 Å². The summed E-state index contributed by atoms with van der Waals surface area (Å²) in [6.07, 6.45) is 1.15. The molecule has 2 rings (SSSR count). The average molecular weight is 138 g/mol. The van der Waals surface area contributed by atoms with Crippen LogP contribution in [0.3, 0.4) is 0 Å². The van der Waals surface area contributed by atoms with Crippen molar-refractivity contribution in [1.82, 2.24) is 14.3 Å². The number of nitrogens with zero attached hydrogens (tertiary/aromatic N) is 3. The van der Waals surface area contributed by atoms with Gasteiger partial charge >= 0.3 is 0 Å². The highest BCUT2D eigenvalue weighted by molar-refractivity contribution is 4.83. The van der Waals surface area contributed by atoms with Crippen molar-refractivity contribution in [1.29, 1.82) is 5.41 Å². The summed E-state index contributed by atoms with van der Waals surface area (Å²) in [5, 5.41) is 7.40. The first-order valence-electron chi connectivity index (χ1n) is 3.48. The third-order valence-corrected chi connectivity index (χ3v) is 1.92. The molecule has 10 heavy (non-hydrogen) atoms. The van der Waals surface area contributed by atoms with Gasteiger partial charge in [-0.05, 0) is 13.3 Å². The van der Waals surface area contributed by atoms with E-state index < -0.39 is 0 Å². The first-order chi connectivity index (χ1) is 4.79. The predicted molar refractivity (Wildman–Crippen MR) is 35.4 cm³/mol. The summed E-state index contributed by atoms with van der Waals surface area (Å²) in [6, 6.07) is 0. The fraction of sp³-hybridized carbons (Fsp3) is 0.667. The van der Waals surface area contributed by atoms with E-state index in [1.165, 1.54) is 0 Å². The van der Waals surface area contributed by atoms with Crippen molar-refractivity contribution in [3.63, 3.8) is 0 Å². The highest BCUT2D eigenvalue weighted by Gasteiger charge is 2.12. The Labute approximate surface area is 58.6 Å². The van der Waals surface area contributed by atoms with Gasteiger partial charge < -0.3 is 0 Å². The van der Waals surface area contributed by atoms with Gasteiger partial charge in [0.05, 0.1) is 0 Å². The van der Waals surface area contributed by atoms with Crippen LogP contribution in [0.5, 0.6) is 0 Å². The summed E-state index contributed by atoms with van der Waals surface area (Å²) in [5.74, 6) is 0.961. The standard InChI is InChI=1S/C6H10N4/c1-5-8-6(7)10-4-2-3-9(5)10/h7H,2-4H2,1H3. The summed E-state index contributed by atoms with van der Waals surface area (Å²) in [6.45, 7) is 3.93. The largest absolute Gasteiger partial charge is 0.269 e. The van der Waals surface area contributed by atoms with Crippen LogP contribution in [0.4, 0.5) is 0 Å². The van der Waals surface area contributed by atoms with E-state index in [2.05, 4.69) is 9.67 Å². The molecule has 4 nitrogen and oxygen atoms in total. The van der Waals surface area contributed by atoms with E-state index in [1.807, 2.05) is 11.6 Å². The number of hydrogen-bond donors (Lipinski definition) is 1. The molecule has 0 spiro atoms. The summed E-state index contributed by atoms with van der Waals surface area (Å²) in [7, 11) is 0. The fourth-order valence-electron chi connectivity index (χ4n) is 1.44. The predicted octanol–water partition coefficient (Wildman–Crippen LogP) is -0.124. The van der Waals surface area contributed by atoms with Crippen molar-refractivity contribution >= 4 is 0 Å². The van der Waals surface area contributed by atoms with Crippen molar-refractivity contribution in [3.8, 4) is 0 Å². The van der Waals surface area contributed by atoms with Crippen molar-refractivity contribution in [2.24, 2.45) is 0 Å². The molecule has 0 saturated heterocycles. The van der Waals surface area contributed by atoms with Crippen LogP contribution in [0.25, 0.3) is 0 Å². The van der Waals surface area contributed by atoms with Crippen LogP contribution in [0.2, 0.25) is 0 Å². The van der Waals surface area contributed by atoms with Crippen LogP contribution in [0, 0.1) is 12.3 Å². The Morgan fingerprint density at radius 2 is 2.10 bits per heavy atom. The van der Waals surface area contributed by atoms with Gasteiger partial charge in [-0.2, -0.15) is 4.98 Å². The topological polar surface area (TPSA) is 46.6 Å². The van der Waals surface area contributed by atoms with Crippen LogP contribution < -0.4 is 5.62 Å². The van der Waals surface area contributed by atoms with Crippen LogP contribution >= 0.6 is 0 Å². The van der Waals surface area contributed by atoms with Gasteiger partial charge in [0.2, 0.25) is 5.62 Å². The zero-order valence-corrected chi connectivity index (χ0v) is 5.96. The summed E-state index contributed by atoms with van der Waals surface area (Å²) in [5.41, 5.74) is 0.398. The smallest absolute Gasteiger partial charge is 0.238 e. The molecule has 0 fully saturated rings. The molecule has 0 radical (unpaired) electrons. The fourth-order valence-corrected chi connectivity index (χ4v) is 1.44. The highest BCUT2D eigenvalue weighted by Crippen LogP contribution is 2.03. The molecular weight excluding hydrogens is 128 g/mol. The lowest BCUT2D eigenvalue weighted by Crippen LogP contribution is -2.17. The van der Waals surface area contributed by atoms with Crippen molar-refractivity contribution in [2.45, 2.75) is 26.4 Å². The molecule has 0 bridgehead atoms. The average Bonchev–Trinajstić information content (AvgIpc) is 2.39. The number of nitrogens with one attached hydrogen (secondary N) is 1. The van der Waals surface area contributed by atoms with E-state index in [4.69, 9.17) is 5.41 Å². The first-order valence-corrected chi connectivity index (χ1v) is 3.48. The molecule has 1 aliphatic heterocycles. The molecular formula is C6H10N4. The van der Waals surface area contributed by atoms with E-state index in [0.717, 1.165) is 25.3 Å². The summed E-state index contributed by atoms with van der Waals surface area (Å²) in [4.78, 5) is 4.03. The number of fused-ring (bicyclic) bond motifs is 1. The lowest BCUT2D eigenvalue weighted by atomic mass is 10.4. The van der Waals surface area contributed by atoms with E-state index in [0.29, 0.717) is 5.62 Å². The molecule has 0 aromatic carbocycles. The maximum atomic E-state index is 7.40. The minimum absolute atomic E-state index is 0.398. The highest BCUT2D eigenvalue weighted by atomic mass is 15.5. The lowest BCUT2D eigenvalue weighted by Gasteiger charge is -1.97. The molecule has 54 valence electrons. The van der Waals surface area contributed by atoms with E-state index in [1.54, 1.807) is 0 Å². The van der Waals surface area contributed by atoms with Gasteiger partial charge in [-0.1, -0.05) is 0 Å². The SMILES string of the molecule is Cc1nc(=N)n2n1CCC2. The van der Waals surface area contributed by atoms with Crippen LogP contribution in [0.15, 0.2) is 0 Å². The zero-order valence-electron chi connectivity index (χ0n) is 5.96. The second-order valence-electron chi connectivity index (χ2n) is 2.58. The maximum absolute atomic E-state index is 7.40. The van der Waals surface area contributed by atoms with Gasteiger partial charge in [0, 0.05) is 13.1 Å². The molecule has 0 atom stereocenters. The monoisotopic (exact) mass is 138 g/mol. The Morgan fingerprint density at radius 1 is 1.40 bits per heavy atom. The van der Waals surface area contributed by atoms with Gasteiger partial charge in [-0.3, -0.25) is 14.8 Å². The number of rotatable bonds is 0. The molecule has 1 N–H and O–H groups in total. The number of hydrogen-bond acceptors (Lipinski definition) is 2. The number of aryl methyl sites for hydroxylation is 1. The van der Waals surface area contributed by atoms with E-state index in [-0.39, 0.29) is 0 Å². The first kappa shape index (κ1) is 5.70. The summed E-state index contributed by atoms with van der Waals surface area (Å²) < 4.78 is 3.97. The maximum Gasteiger partial charge on any atom is 0.238 e. The van der Waals surface area contributed by atoms with Gasteiger partial charge in [0.15, 0.2) is 0 Å². The van der Waals surface area contributed by atoms with Crippen LogP contribution in [0.1, 0.15) is 12.2 Å². The van der Waals surface area contributed by atoms with E-state index >= 15 is 0 Å². The van der Waals surface area contributed by atoms with Crippen LogP contribution in [-0.4, -0.2) is 14.3 Å². The zero-order chi connectivity index (χ0) is 7.14. The Morgan fingerprint density at radius 3 is 2.80 bits per heavy atom. The number of aromatic nitrogens is 3. The van der Waals surface area contributed by atoms with Gasteiger partial charge in [-0.25, -0.2) is 0 Å². The Bertz CT molecular complexity index is 306. The molecule has 1 aromatic rings. The molecule has 0 aliphatic carbocycles. The van der Waals surface area contributed by atoms with Crippen molar-refractivity contribution in [3.05, 3.63) is 11.4 Å².